The first kappa shape index (κ1) is 30.6. The van der Waals surface area contributed by atoms with E-state index in [1.807, 2.05) is 6.07 Å². The molecule has 0 atom stereocenters. The minimum absolute atomic E-state index is 0.606. The molecule has 4 nitrogen and oxygen atoms in total. The Balaban J connectivity index is 1.32. The van der Waals surface area contributed by atoms with Crippen molar-refractivity contribution < 1.29 is 4.42 Å². The van der Waals surface area contributed by atoms with Crippen molar-refractivity contribution in [2.75, 3.05) is 0 Å². The van der Waals surface area contributed by atoms with E-state index in [0.717, 1.165) is 66.1 Å². The lowest BCUT2D eigenvalue weighted by atomic mass is 9.89. The fraction of sp³-hybridized carbons (Fsp3) is 0.0400. The summed E-state index contributed by atoms with van der Waals surface area (Å²) in [6.07, 6.45) is 0. The number of hydrogen-bond acceptors (Lipinski definition) is 3. The quantitative estimate of drug-likeness (QED) is 0.184. The molecule has 0 bridgehead atoms. The van der Waals surface area contributed by atoms with Crippen molar-refractivity contribution >= 4 is 65.4 Å². The topological polar surface area (TPSA) is 43.9 Å². The zero-order chi connectivity index (χ0) is 35.9. The summed E-state index contributed by atoms with van der Waals surface area (Å²) < 4.78 is 9.20. The SMILES string of the molecule is Cc1ccccc1-c1c(C)c2ccccc2c2c3ccccc3n(-c3nc(-c4cccc(-c5ccccc5)c4)c4oc5c6ccccc6ccc5c4n3)c12. The van der Waals surface area contributed by atoms with Crippen LogP contribution in [-0.4, -0.2) is 14.5 Å². The fourth-order valence-corrected chi connectivity index (χ4v) is 8.61. The molecule has 11 rings (SSSR count). The summed E-state index contributed by atoms with van der Waals surface area (Å²) in [5.41, 5.74) is 13.3. The molecule has 0 saturated heterocycles. The van der Waals surface area contributed by atoms with Gasteiger partial charge in [-0.05, 0) is 76.0 Å². The van der Waals surface area contributed by atoms with E-state index in [1.165, 1.54) is 38.4 Å². The predicted octanol–water partition coefficient (Wildman–Crippen LogP) is 13.4. The largest absolute Gasteiger partial charge is 0.451 e. The molecule has 8 aromatic carbocycles. The lowest BCUT2D eigenvalue weighted by Crippen LogP contribution is -2.04. The van der Waals surface area contributed by atoms with E-state index >= 15 is 0 Å². The lowest BCUT2D eigenvalue weighted by molar-refractivity contribution is 0.670. The van der Waals surface area contributed by atoms with Crippen molar-refractivity contribution in [1.29, 1.82) is 0 Å². The Morgan fingerprint density at radius 2 is 1.19 bits per heavy atom. The molecule has 54 heavy (non-hydrogen) atoms. The number of rotatable bonds is 4. The van der Waals surface area contributed by atoms with Gasteiger partial charge in [-0.2, -0.15) is 0 Å². The molecule has 0 N–H and O–H groups in total. The summed E-state index contributed by atoms with van der Waals surface area (Å²) in [6.45, 7) is 4.45. The predicted molar refractivity (Wildman–Crippen MR) is 224 cm³/mol. The van der Waals surface area contributed by atoms with E-state index in [9.17, 15) is 0 Å². The minimum atomic E-state index is 0.606. The van der Waals surface area contributed by atoms with Gasteiger partial charge < -0.3 is 4.42 Å². The van der Waals surface area contributed by atoms with Gasteiger partial charge in [-0.25, -0.2) is 9.97 Å². The van der Waals surface area contributed by atoms with Gasteiger partial charge in [-0.3, -0.25) is 4.57 Å². The van der Waals surface area contributed by atoms with Gasteiger partial charge >= 0.3 is 0 Å². The van der Waals surface area contributed by atoms with Crippen LogP contribution < -0.4 is 0 Å². The Kier molecular flexibility index (Phi) is 6.65. The fourth-order valence-electron chi connectivity index (χ4n) is 8.61. The van der Waals surface area contributed by atoms with Crippen LogP contribution in [0.4, 0.5) is 0 Å². The zero-order valence-corrected chi connectivity index (χ0v) is 29.8. The van der Waals surface area contributed by atoms with E-state index in [2.05, 4.69) is 176 Å². The van der Waals surface area contributed by atoms with Crippen molar-refractivity contribution in [3.8, 4) is 39.5 Å². The molecular formula is C50H33N3O. The second kappa shape index (κ2) is 11.7. The van der Waals surface area contributed by atoms with E-state index in [0.29, 0.717) is 11.5 Å². The Morgan fingerprint density at radius 1 is 0.500 bits per heavy atom. The Labute approximate surface area is 311 Å². The first-order valence-electron chi connectivity index (χ1n) is 18.4. The summed E-state index contributed by atoms with van der Waals surface area (Å²) in [4.78, 5) is 11.1. The molecule has 0 amide bonds. The number of furan rings is 1. The number of para-hydroxylation sites is 1. The van der Waals surface area contributed by atoms with E-state index < -0.39 is 0 Å². The van der Waals surface area contributed by atoms with E-state index in [4.69, 9.17) is 14.4 Å². The van der Waals surface area contributed by atoms with Crippen molar-refractivity contribution in [2.45, 2.75) is 13.8 Å². The van der Waals surface area contributed by atoms with Crippen LogP contribution in [0.15, 0.2) is 168 Å². The van der Waals surface area contributed by atoms with E-state index in [-0.39, 0.29) is 0 Å². The molecule has 0 saturated carbocycles. The van der Waals surface area contributed by atoms with Crippen molar-refractivity contribution in [3.63, 3.8) is 0 Å². The molecule has 254 valence electrons. The van der Waals surface area contributed by atoms with Crippen LogP contribution in [-0.2, 0) is 0 Å². The van der Waals surface area contributed by atoms with Crippen LogP contribution in [0.5, 0.6) is 0 Å². The Bertz CT molecular complexity index is 3300. The maximum Gasteiger partial charge on any atom is 0.236 e. The van der Waals surface area contributed by atoms with Crippen LogP contribution in [0.1, 0.15) is 11.1 Å². The molecule has 11 aromatic rings. The molecular weight excluding hydrogens is 659 g/mol. The summed E-state index contributed by atoms with van der Waals surface area (Å²) >= 11 is 0. The summed E-state index contributed by atoms with van der Waals surface area (Å²) in [5.74, 6) is 0.606. The van der Waals surface area contributed by atoms with Gasteiger partial charge in [-0.15, -0.1) is 0 Å². The van der Waals surface area contributed by atoms with E-state index in [1.54, 1.807) is 0 Å². The third-order valence-electron chi connectivity index (χ3n) is 11.1. The molecule has 0 radical (unpaired) electrons. The molecule has 0 aliphatic heterocycles. The molecule has 0 unspecified atom stereocenters. The van der Waals surface area contributed by atoms with Crippen LogP contribution in [0.25, 0.3) is 105 Å². The number of fused-ring (bicyclic) bond motifs is 10. The standard InChI is InChI=1S/C50H33N3O/c1-30-15-6-8-21-36(30)43-31(2)37-22-10-11-24-39(37)44-40-25-12-13-26-42(40)53(47(43)44)50-51-45(35-20-14-19-34(29-35)32-16-4-3-5-17-32)49-46(52-50)41-28-27-33-18-7-9-23-38(33)48(41)54-49/h3-29H,1-2H3. The monoisotopic (exact) mass is 691 g/mol. The minimum Gasteiger partial charge on any atom is -0.451 e. The molecule has 3 aromatic heterocycles. The van der Waals surface area contributed by atoms with Gasteiger partial charge in [-0.1, -0.05) is 146 Å². The first-order valence-corrected chi connectivity index (χ1v) is 18.4. The second-order valence-electron chi connectivity index (χ2n) is 14.2. The van der Waals surface area contributed by atoms with Gasteiger partial charge in [0.1, 0.15) is 16.8 Å². The van der Waals surface area contributed by atoms with Crippen molar-refractivity contribution in [2.24, 2.45) is 0 Å². The van der Waals surface area contributed by atoms with Gasteiger partial charge in [0.2, 0.25) is 5.95 Å². The lowest BCUT2D eigenvalue weighted by Gasteiger charge is -2.17. The summed E-state index contributed by atoms with van der Waals surface area (Å²) in [6, 6.07) is 57.9. The molecule has 3 heterocycles. The third-order valence-corrected chi connectivity index (χ3v) is 11.1. The highest BCUT2D eigenvalue weighted by Crippen LogP contribution is 2.46. The summed E-state index contributed by atoms with van der Waals surface area (Å²) in [5, 5.41) is 7.97. The number of nitrogens with zero attached hydrogens (tertiary/aromatic N) is 3. The number of aryl methyl sites for hydroxylation is 2. The van der Waals surface area contributed by atoms with Gasteiger partial charge in [0.05, 0.1) is 11.0 Å². The van der Waals surface area contributed by atoms with Crippen LogP contribution in [0.2, 0.25) is 0 Å². The average Bonchev–Trinajstić information content (AvgIpc) is 3.78. The Morgan fingerprint density at radius 3 is 2.04 bits per heavy atom. The normalized spacial score (nSPS) is 11.9. The smallest absolute Gasteiger partial charge is 0.236 e. The number of hydrogen-bond donors (Lipinski definition) is 0. The van der Waals surface area contributed by atoms with Crippen molar-refractivity contribution in [3.05, 3.63) is 175 Å². The maximum absolute atomic E-state index is 6.90. The molecule has 0 aliphatic carbocycles. The third kappa shape index (κ3) is 4.44. The molecule has 0 spiro atoms. The highest BCUT2D eigenvalue weighted by Gasteiger charge is 2.26. The van der Waals surface area contributed by atoms with Crippen LogP contribution in [0.3, 0.4) is 0 Å². The van der Waals surface area contributed by atoms with Crippen LogP contribution in [0, 0.1) is 13.8 Å². The summed E-state index contributed by atoms with van der Waals surface area (Å²) in [7, 11) is 0. The van der Waals surface area contributed by atoms with Gasteiger partial charge in [0, 0.05) is 32.7 Å². The highest BCUT2D eigenvalue weighted by molar-refractivity contribution is 6.26. The van der Waals surface area contributed by atoms with Gasteiger partial charge in [0.15, 0.2) is 5.58 Å². The first-order chi connectivity index (χ1) is 26.6. The van der Waals surface area contributed by atoms with Crippen molar-refractivity contribution in [1.82, 2.24) is 14.5 Å². The zero-order valence-electron chi connectivity index (χ0n) is 29.8. The maximum atomic E-state index is 6.90. The second-order valence-corrected chi connectivity index (χ2v) is 14.2. The average molecular weight is 692 g/mol. The highest BCUT2D eigenvalue weighted by atomic mass is 16.3. The number of aromatic nitrogens is 3. The Hall–Kier alpha value is -7.04. The van der Waals surface area contributed by atoms with Crippen LogP contribution >= 0.6 is 0 Å². The number of benzene rings is 8. The molecule has 0 aliphatic rings. The van der Waals surface area contributed by atoms with Gasteiger partial charge in [0.25, 0.3) is 0 Å². The molecule has 4 heteroatoms. The molecule has 0 fully saturated rings.